The topological polar surface area (TPSA) is 14.2 Å². The highest BCUT2D eigenvalue weighted by molar-refractivity contribution is 6.15. The first-order valence-corrected chi connectivity index (χ1v) is 15.5. The molecule has 214 valence electrons. The van der Waals surface area contributed by atoms with E-state index in [0.717, 1.165) is 44.7 Å². The van der Waals surface area contributed by atoms with Crippen LogP contribution in [0.2, 0.25) is 0 Å². The first-order valence-electron chi connectivity index (χ1n) is 15.5. The number of nitrogens with zero attached hydrogens (tertiary/aromatic N) is 3. The molecule has 0 aliphatic rings. The smallest absolute Gasteiger partial charge is 0.211 e. The van der Waals surface area contributed by atoms with Gasteiger partial charge in [-0.15, -0.1) is 0 Å². The molecule has 0 bridgehead atoms. The van der Waals surface area contributed by atoms with E-state index in [4.69, 9.17) is 6.57 Å². The summed E-state index contributed by atoms with van der Waals surface area (Å²) < 4.78 is 4.67. The molecular formula is C43H27N3. The van der Waals surface area contributed by atoms with Crippen molar-refractivity contribution in [3.05, 3.63) is 175 Å². The molecule has 46 heavy (non-hydrogen) atoms. The fourth-order valence-corrected chi connectivity index (χ4v) is 7.27. The summed E-state index contributed by atoms with van der Waals surface area (Å²) in [5.74, 6) is 0. The van der Waals surface area contributed by atoms with Crippen molar-refractivity contribution in [2.24, 2.45) is 0 Å². The number of hydrogen-bond acceptors (Lipinski definition) is 0. The zero-order valence-electron chi connectivity index (χ0n) is 24.9. The van der Waals surface area contributed by atoms with Crippen molar-refractivity contribution in [1.82, 2.24) is 9.13 Å². The van der Waals surface area contributed by atoms with Crippen molar-refractivity contribution >= 4 is 49.3 Å². The first-order chi connectivity index (χ1) is 22.8. The summed E-state index contributed by atoms with van der Waals surface area (Å²) in [5, 5.41) is 4.79. The second-order valence-electron chi connectivity index (χ2n) is 11.6. The number of benzene rings is 7. The first kappa shape index (κ1) is 26.1. The summed E-state index contributed by atoms with van der Waals surface area (Å²) in [6.45, 7) is 8.28. The van der Waals surface area contributed by atoms with Crippen LogP contribution in [-0.2, 0) is 0 Å². The molecule has 0 atom stereocenters. The van der Waals surface area contributed by atoms with Crippen molar-refractivity contribution < 1.29 is 0 Å². The Bertz CT molecular complexity index is 2600. The maximum atomic E-state index is 8.28. The third-order valence-corrected chi connectivity index (χ3v) is 9.16. The Morgan fingerprint density at radius 1 is 0.370 bits per heavy atom. The van der Waals surface area contributed by atoms with Gasteiger partial charge in [0.2, 0.25) is 5.69 Å². The highest BCUT2D eigenvalue weighted by Gasteiger charge is 2.22. The van der Waals surface area contributed by atoms with Gasteiger partial charge in [-0.25, -0.2) is 4.85 Å². The maximum absolute atomic E-state index is 8.28. The van der Waals surface area contributed by atoms with Crippen LogP contribution in [0, 0.1) is 6.57 Å². The van der Waals surface area contributed by atoms with Crippen LogP contribution >= 0.6 is 0 Å². The minimum Gasteiger partial charge on any atom is -0.318 e. The second-order valence-corrected chi connectivity index (χ2v) is 11.6. The predicted octanol–water partition coefficient (Wildman–Crippen LogP) is 11.8. The lowest BCUT2D eigenvalue weighted by Gasteiger charge is -2.19. The van der Waals surface area contributed by atoms with Crippen molar-refractivity contribution in [1.29, 1.82) is 0 Å². The Balaban J connectivity index is 1.39. The highest BCUT2D eigenvalue weighted by Crippen LogP contribution is 2.45. The van der Waals surface area contributed by atoms with Crippen LogP contribution in [0.25, 0.3) is 82.1 Å². The molecule has 2 heterocycles. The van der Waals surface area contributed by atoms with Crippen molar-refractivity contribution in [2.45, 2.75) is 0 Å². The van der Waals surface area contributed by atoms with E-state index < -0.39 is 0 Å². The Labute approximate surface area is 266 Å². The molecular weight excluding hydrogens is 558 g/mol. The van der Waals surface area contributed by atoms with Gasteiger partial charge in [0.1, 0.15) is 0 Å². The summed E-state index contributed by atoms with van der Waals surface area (Å²) >= 11 is 0. The quantitative estimate of drug-likeness (QED) is 0.182. The van der Waals surface area contributed by atoms with Crippen LogP contribution in [0.15, 0.2) is 164 Å². The van der Waals surface area contributed by atoms with E-state index in [1.165, 1.54) is 32.6 Å². The van der Waals surface area contributed by atoms with E-state index in [9.17, 15) is 0 Å². The van der Waals surface area contributed by atoms with Gasteiger partial charge in [0.25, 0.3) is 0 Å². The molecule has 0 aliphatic heterocycles. The van der Waals surface area contributed by atoms with Crippen LogP contribution < -0.4 is 0 Å². The van der Waals surface area contributed by atoms with E-state index in [1.54, 1.807) is 0 Å². The van der Waals surface area contributed by atoms with E-state index in [-0.39, 0.29) is 0 Å². The zero-order valence-corrected chi connectivity index (χ0v) is 24.9. The molecule has 0 spiro atoms. The lowest BCUT2D eigenvalue weighted by atomic mass is 9.91. The Kier molecular flexibility index (Phi) is 5.88. The van der Waals surface area contributed by atoms with Gasteiger partial charge in [0.05, 0.1) is 34.3 Å². The molecule has 0 unspecified atom stereocenters. The molecule has 0 fully saturated rings. The average molecular weight is 586 g/mol. The SMILES string of the molecule is [C-]#[N+]c1cccc(-c2ccccc2-c2cccc3c4ccccc4n(-c4ccccc4)c23)c1-n1c2ccccc2c2ccccc21. The van der Waals surface area contributed by atoms with Gasteiger partial charge in [0.15, 0.2) is 0 Å². The molecule has 3 heteroatoms. The molecule has 7 aromatic carbocycles. The number of para-hydroxylation sites is 6. The molecule has 3 nitrogen and oxygen atoms in total. The molecule has 0 radical (unpaired) electrons. The predicted molar refractivity (Wildman–Crippen MR) is 192 cm³/mol. The number of fused-ring (bicyclic) bond motifs is 6. The minimum absolute atomic E-state index is 0.621. The van der Waals surface area contributed by atoms with Gasteiger partial charge in [-0.05, 0) is 47.0 Å². The molecule has 0 saturated carbocycles. The third-order valence-electron chi connectivity index (χ3n) is 9.16. The number of aromatic nitrogens is 2. The zero-order chi connectivity index (χ0) is 30.6. The third kappa shape index (κ3) is 3.78. The van der Waals surface area contributed by atoms with Gasteiger partial charge in [-0.3, -0.25) is 0 Å². The van der Waals surface area contributed by atoms with E-state index in [0.29, 0.717) is 5.69 Å². The summed E-state index contributed by atoms with van der Waals surface area (Å²) in [6.07, 6.45) is 0. The Morgan fingerprint density at radius 2 is 0.826 bits per heavy atom. The summed E-state index contributed by atoms with van der Waals surface area (Å²) in [6, 6.07) is 57.6. The lowest BCUT2D eigenvalue weighted by Crippen LogP contribution is -1.99. The maximum Gasteiger partial charge on any atom is 0.211 e. The van der Waals surface area contributed by atoms with E-state index in [1.807, 2.05) is 12.1 Å². The molecule has 9 rings (SSSR count). The molecule has 0 N–H and O–H groups in total. The summed E-state index contributed by atoms with van der Waals surface area (Å²) in [4.78, 5) is 4.09. The van der Waals surface area contributed by atoms with Crippen molar-refractivity contribution in [3.63, 3.8) is 0 Å². The largest absolute Gasteiger partial charge is 0.318 e. The van der Waals surface area contributed by atoms with E-state index >= 15 is 0 Å². The standard InChI is InChI=1S/C43H27N3/c1-44-38-25-14-24-36(43(38)46-40-27-11-7-19-32(40)33-20-8-12-28-41(33)46)31-18-6-5-17-30(31)35-22-13-23-37-34-21-9-10-26-39(34)45(42(35)37)29-15-3-2-4-16-29/h2-28H. The lowest BCUT2D eigenvalue weighted by molar-refractivity contribution is 1.18. The molecule has 9 aromatic rings. The van der Waals surface area contributed by atoms with Gasteiger partial charge in [-0.1, -0.05) is 133 Å². The number of rotatable bonds is 4. The Hall–Kier alpha value is -6.37. The average Bonchev–Trinajstić information content (AvgIpc) is 3.65. The Morgan fingerprint density at radius 3 is 1.48 bits per heavy atom. The van der Waals surface area contributed by atoms with Crippen LogP contribution in [0.4, 0.5) is 5.69 Å². The normalized spacial score (nSPS) is 11.5. The van der Waals surface area contributed by atoms with Crippen LogP contribution in [0.5, 0.6) is 0 Å². The number of hydrogen-bond donors (Lipinski definition) is 0. The van der Waals surface area contributed by atoms with Gasteiger partial charge >= 0.3 is 0 Å². The summed E-state index contributed by atoms with van der Waals surface area (Å²) in [7, 11) is 0. The van der Waals surface area contributed by atoms with Crippen molar-refractivity contribution in [2.75, 3.05) is 0 Å². The van der Waals surface area contributed by atoms with Crippen LogP contribution in [0.3, 0.4) is 0 Å². The molecule has 0 saturated heterocycles. The summed E-state index contributed by atoms with van der Waals surface area (Å²) in [5.41, 5.74) is 11.5. The van der Waals surface area contributed by atoms with Crippen LogP contribution in [-0.4, -0.2) is 9.13 Å². The van der Waals surface area contributed by atoms with Gasteiger partial charge in [-0.2, -0.15) is 0 Å². The van der Waals surface area contributed by atoms with Gasteiger partial charge in [0, 0.05) is 32.8 Å². The molecule has 2 aromatic heterocycles. The van der Waals surface area contributed by atoms with Crippen molar-refractivity contribution in [3.8, 4) is 33.6 Å². The highest BCUT2D eigenvalue weighted by atomic mass is 15.0. The van der Waals surface area contributed by atoms with Gasteiger partial charge < -0.3 is 9.13 Å². The minimum atomic E-state index is 0.621. The fourth-order valence-electron chi connectivity index (χ4n) is 7.27. The monoisotopic (exact) mass is 585 g/mol. The van der Waals surface area contributed by atoms with Crippen LogP contribution in [0.1, 0.15) is 0 Å². The molecule has 0 aliphatic carbocycles. The second kappa shape index (κ2) is 10.4. The molecule has 0 amide bonds. The van der Waals surface area contributed by atoms with E-state index in [2.05, 4.69) is 166 Å². The fraction of sp³-hybridized carbons (Fsp3) is 0.